The summed E-state index contributed by atoms with van der Waals surface area (Å²) in [4.78, 5) is 25.4. The van der Waals surface area contributed by atoms with E-state index in [2.05, 4.69) is 15.1 Å². The summed E-state index contributed by atoms with van der Waals surface area (Å²) in [6, 6.07) is 11.7. The van der Waals surface area contributed by atoms with Crippen LogP contribution in [0.25, 0.3) is 0 Å². The van der Waals surface area contributed by atoms with Crippen molar-refractivity contribution in [2.24, 2.45) is 5.10 Å². The fourth-order valence-corrected chi connectivity index (χ4v) is 4.72. The first-order valence-corrected chi connectivity index (χ1v) is 11.8. The third kappa shape index (κ3) is 5.60. The lowest BCUT2D eigenvalue weighted by Crippen LogP contribution is -2.40. The molecule has 3 rings (SSSR count). The van der Waals surface area contributed by atoms with Gasteiger partial charge in [-0.25, -0.2) is 18.1 Å². The fourth-order valence-electron chi connectivity index (χ4n) is 3.26. The highest BCUT2D eigenvalue weighted by molar-refractivity contribution is 7.89. The summed E-state index contributed by atoms with van der Waals surface area (Å²) < 4.78 is 27.8. The van der Waals surface area contributed by atoms with Gasteiger partial charge in [0.15, 0.2) is 0 Å². The molecule has 170 valence electrons. The van der Waals surface area contributed by atoms with Crippen molar-refractivity contribution in [3.05, 3.63) is 53.6 Å². The zero-order valence-corrected chi connectivity index (χ0v) is 19.7. The predicted octanol–water partition coefficient (Wildman–Crippen LogP) is 3.50. The standard InChI is InChI=1S/C23H28N4O4S/c1-15-9-10-16(2)20(13-15)27-21(28)12-11-19(25-27)22(29)24-17-7-6-8-18(14-17)32(30,31)26-23(3,4)5/h6-10,13-14,26H,11-12H2,1-5H3,(H,24,29). The van der Waals surface area contributed by atoms with E-state index in [0.717, 1.165) is 11.1 Å². The van der Waals surface area contributed by atoms with Gasteiger partial charge in [0.1, 0.15) is 5.71 Å². The van der Waals surface area contributed by atoms with Crippen LogP contribution in [0.2, 0.25) is 0 Å². The first-order valence-electron chi connectivity index (χ1n) is 10.3. The van der Waals surface area contributed by atoms with Gasteiger partial charge in [-0.2, -0.15) is 5.10 Å². The van der Waals surface area contributed by atoms with Crippen molar-refractivity contribution in [3.8, 4) is 0 Å². The van der Waals surface area contributed by atoms with Gasteiger partial charge in [-0.15, -0.1) is 0 Å². The van der Waals surface area contributed by atoms with Crippen LogP contribution in [-0.2, 0) is 19.6 Å². The van der Waals surface area contributed by atoms with Crippen LogP contribution in [0.3, 0.4) is 0 Å². The molecule has 2 amide bonds. The average Bonchev–Trinajstić information content (AvgIpc) is 2.69. The smallest absolute Gasteiger partial charge is 0.271 e. The summed E-state index contributed by atoms with van der Waals surface area (Å²) >= 11 is 0. The van der Waals surface area contributed by atoms with Gasteiger partial charge in [0.2, 0.25) is 15.9 Å². The summed E-state index contributed by atoms with van der Waals surface area (Å²) in [5, 5.41) is 8.28. The highest BCUT2D eigenvalue weighted by atomic mass is 32.2. The van der Waals surface area contributed by atoms with Crippen molar-refractivity contribution in [2.45, 2.75) is 57.9 Å². The lowest BCUT2D eigenvalue weighted by molar-refractivity contribution is -0.118. The number of hydrogen-bond donors (Lipinski definition) is 2. The van der Waals surface area contributed by atoms with Gasteiger partial charge in [-0.05, 0) is 70.0 Å². The molecule has 0 atom stereocenters. The predicted molar refractivity (Wildman–Crippen MR) is 125 cm³/mol. The highest BCUT2D eigenvalue weighted by Crippen LogP contribution is 2.26. The molecule has 0 bridgehead atoms. The molecule has 8 nitrogen and oxygen atoms in total. The number of carbonyl (C=O) groups excluding carboxylic acids is 2. The minimum Gasteiger partial charge on any atom is -0.321 e. The number of sulfonamides is 1. The van der Waals surface area contributed by atoms with Crippen LogP contribution >= 0.6 is 0 Å². The quantitative estimate of drug-likeness (QED) is 0.718. The Kier molecular flexibility index (Phi) is 6.52. The molecule has 0 saturated carbocycles. The number of amides is 2. The van der Waals surface area contributed by atoms with Gasteiger partial charge in [0, 0.05) is 24.1 Å². The first kappa shape index (κ1) is 23.6. The lowest BCUT2D eigenvalue weighted by Gasteiger charge is -2.25. The molecule has 0 unspecified atom stereocenters. The summed E-state index contributed by atoms with van der Waals surface area (Å²) in [6.07, 6.45) is 0.360. The fraction of sp³-hybridized carbons (Fsp3) is 0.348. The van der Waals surface area contributed by atoms with E-state index in [-0.39, 0.29) is 29.4 Å². The van der Waals surface area contributed by atoms with Crippen molar-refractivity contribution in [1.82, 2.24) is 4.72 Å². The molecule has 0 spiro atoms. The van der Waals surface area contributed by atoms with Gasteiger partial charge in [0.25, 0.3) is 5.91 Å². The number of benzene rings is 2. The van der Waals surface area contributed by atoms with Crippen molar-refractivity contribution in [1.29, 1.82) is 0 Å². The SMILES string of the molecule is Cc1ccc(C)c(N2N=C(C(=O)Nc3cccc(S(=O)(=O)NC(C)(C)C)c3)CCC2=O)c1. The Balaban J connectivity index is 1.84. The molecule has 9 heteroatoms. The minimum atomic E-state index is -3.75. The summed E-state index contributed by atoms with van der Waals surface area (Å²) in [5.41, 5.74) is 2.38. The largest absolute Gasteiger partial charge is 0.321 e. The van der Waals surface area contributed by atoms with Gasteiger partial charge in [-0.3, -0.25) is 9.59 Å². The number of hydrogen-bond acceptors (Lipinski definition) is 5. The maximum absolute atomic E-state index is 12.8. The molecule has 0 radical (unpaired) electrons. The number of carbonyl (C=O) groups is 2. The molecule has 2 aromatic rings. The Labute approximate surface area is 188 Å². The van der Waals surface area contributed by atoms with Crippen LogP contribution in [0.1, 0.15) is 44.7 Å². The Morgan fingerprint density at radius 3 is 2.47 bits per heavy atom. The molecule has 0 saturated heterocycles. The highest BCUT2D eigenvalue weighted by Gasteiger charge is 2.27. The second kappa shape index (κ2) is 8.84. The van der Waals surface area contributed by atoms with Crippen molar-refractivity contribution < 1.29 is 18.0 Å². The Bertz CT molecular complexity index is 1200. The van der Waals surface area contributed by atoms with Gasteiger partial charge >= 0.3 is 0 Å². The van der Waals surface area contributed by atoms with Gasteiger partial charge in [-0.1, -0.05) is 18.2 Å². The van der Waals surface area contributed by atoms with Crippen LogP contribution in [0, 0.1) is 13.8 Å². The van der Waals surface area contributed by atoms with E-state index in [1.807, 2.05) is 32.0 Å². The molecular formula is C23H28N4O4S. The first-order chi connectivity index (χ1) is 14.9. The number of nitrogens with zero attached hydrogens (tertiary/aromatic N) is 2. The van der Waals surface area contributed by atoms with Crippen molar-refractivity contribution in [3.63, 3.8) is 0 Å². The Morgan fingerprint density at radius 1 is 1.06 bits per heavy atom. The van der Waals surface area contributed by atoms with Crippen molar-refractivity contribution >= 4 is 38.9 Å². The van der Waals surface area contributed by atoms with Crippen LogP contribution in [0.4, 0.5) is 11.4 Å². The Morgan fingerprint density at radius 2 is 1.78 bits per heavy atom. The van der Waals surface area contributed by atoms with Crippen LogP contribution in [0.15, 0.2) is 52.5 Å². The maximum Gasteiger partial charge on any atom is 0.271 e. The second-order valence-electron chi connectivity index (χ2n) is 8.88. The van der Waals surface area contributed by atoms with Gasteiger partial charge < -0.3 is 5.32 Å². The average molecular weight is 457 g/mol. The van der Waals surface area contributed by atoms with E-state index in [1.165, 1.54) is 17.1 Å². The van der Waals surface area contributed by atoms with Gasteiger partial charge in [0.05, 0.1) is 10.6 Å². The van der Waals surface area contributed by atoms with Crippen LogP contribution < -0.4 is 15.0 Å². The molecule has 2 N–H and O–H groups in total. The van der Waals surface area contributed by atoms with Crippen LogP contribution in [-0.4, -0.2) is 31.5 Å². The van der Waals surface area contributed by atoms with E-state index in [1.54, 1.807) is 32.9 Å². The van der Waals surface area contributed by atoms with Crippen LogP contribution in [0.5, 0.6) is 0 Å². The van der Waals surface area contributed by atoms with E-state index in [4.69, 9.17) is 0 Å². The number of rotatable bonds is 5. The third-order valence-corrected chi connectivity index (χ3v) is 6.49. The molecule has 0 aliphatic carbocycles. The number of aryl methyl sites for hydroxylation is 2. The molecule has 32 heavy (non-hydrogen) atoms. The zero-order chi connectivity index (χ0) is 23.7. The number of nitrogens with one attached hydrogen (secondary N) is 2. The monoisotopic (exact) mass is 456 g/mol. The molecule has 0 fully saturated rings. The summed E-state index contributed by atoms with van der Waals surface area (Å²) in [5.74, 6) is -0.664. The van der Waals surface area contributed by atoms with E-state index in [0.29, 0.717) is 11.4 Å². The molecule has 2 aromatic carbocycles. The maximum atomic E-state index is 12.8. The topological polar surface area (TPSA) is 108 Å². The molecule has 1 aliphatic rings. The number of hydrazone groups is 1. The Hall–Kier alpha value is -3.04. The van der Waals surface area contributed by atoms with E-state index < -0.39 is 21.5 Å². The molecule has 1 aliphatic heterocycles. The minimum absolute atomic E-state index is 0.0444. The summed E-state index contributed by atoms with van der Waals surface area (Å²) in [6.45, 7) is 9.05. The summed E-state index contributed by atoms with van der Waals surface area (Å²) in [7, 11) is -3.75. The second-order valence-corrected chi connectivity index (χ2v) is 10.6. The zero-order valence-electron chi connectivity index (χ0n) is 18.9. The number of anilines is 2. The third-order valence-electron chi connectivity index (χ3n) is 4.73. The molecule has 0 aromatic heterocycles. The lowest BCUT2D eigenvalue weighted by atomic mass is 10.1. The van der Waals surface area contributed by atoms with Crippen molar-refractivity contribution in [2.75, 3.05) is 10.3 Å². The molecular weight excluding hydrogens is 428 g/mol. The van der Waals surface area contributed by atoms with E-state index >= 15 is 0 Å². The normalized spacial score (nSPS) is 14.8. The molecule has 1 heterocycles. The van der Waals surface area contributed by atoms with E-state index in [9.17, 15) is 18.0 Å².